The van der Waals surface area contributed by atoms with Crippen molar-refractivity contribution in [3.8, 4) is 0 Å². The second kappa shape index (κ2) is 3.47. The van der Waals surface area contributed by atoms with E-state index in [2.05, 4.69) is 6.58 Å². The first-order valence-electron chi connectivity index (χ1n) is 4.43. The van der Waals surface area contributed by atoms with Crippen molar-refractivity contribution >= 4 is 17.4 Å². The number of thiophene rings is 1. The molecular formula is C10H12O3S. The van der Waals surface area contributed by atoms with E-state index < -0.39 is 18.3 Å². The Labute approximate surface area is 85.9 Å². The summed E-state index contributed by atoms with van der Waals surface area (Å²) < 4.78 is 0. The summed E-state index contributed by atoms with van der Waals surface area (Å²) in [4.78, 5) is 1.56. The van der Waals surface area contributed by atoms with Gasteiger partial charge in [-0.3, -0.25) is 0 Å². The maximum absolute atomic E-state index is 9.67. The van der Waals surface area contributed by atoms with E-state index in [1.54, 1.807) is 6.08 Å². The summed E-state index contributed by atoms with van der Waals surface area (Å²) in [5.74, 6) is 0. The molecule has 3 N–H and O–H groups in total. The van der Waals surface area contributed by atoms with Crippen molar-refractivity contribution in [2.45, 2.75) is 24.7 Å². The Bertz CT molecular complexity index is 358. The lowest BCUT2D eigenvalue weighted by molar-refractivity contribution is -0.0263. The van der Waals surface area contributed by atoms with Crippen molar-refractivity contribution in [1.82, 2.24) is 0 Å². The quantitative estimate of drug-likeness (QED) is 0.656. The summed E-state index contributed by atoms with van der Waals surface area (Å²) >= 11 is 1.36. The molecule has 0 aliphatic heterocycles. The highest BCUT2D eigenvalue weighted by atomic mass is 32.1. The lowest BCUT2D eigenvalue weighted by Gasteiger charge is -2.26. The Morgan fingerprint density at radius 1 is 1.43 bits per heavy atom. The van der Waals surface area contributed by atoms with Crippen LogP contribution in [0.25, 0.3) is 6.08 Å². The molecular weight excluding hydrogens is 200 g/mol. The molecule has 4 heteroatoms. The molecule has 0 aromatic carbocycles. The Morgan fingerprint density at radius 3 is 2.79 bits per heavy atom. The lowest BCUT2D eigenvalue weighted by Crippen LogP contribution is -2.26. The Kier molecular flexibility index (Phi) is 2.45. The van der Waals surface area contributed by atoms with Crippen molar-refractivity contribution in [3.63, 3.8) is 0 Å². The Balaban J connectivity index is 2.47. The van der Waals surface area contributed by atoms with Crippen molar-refractivity contribution in [3.05, 3.63) is 28.0 Å². The first-order chi connectivity index (χ1) is 6.63. The molecule has 2 rings (SSSR count). The molecule has 0 saturated carbocycles. The maximum atomic E-state index is 9.67. The maximum Gasteiger partial charge on any atom is 0.114 e. The molecule has 1 aliphatic rings. The number of fused-ring (bicyclic) bond motifs is 1. The molecule has 1 heterocycles. The molecule has 1 aromatic rings. The molecule has 0 fully saturated rings. The van der Waals surface area contributed by atoms with Crippen LogP contribution in [-0.4, -0.2) is 21.4 Å². The van der Waals surface area contributed by atoms with Gasteiger partial charge in [0.2, 0.25) is 0 Å². The van der Waals surface area contributed by atoms with Gasteiger partial charge in [0.05, 0.1) is 12.2 Å². The predicted octanol–water partition coefficient (Wildman–Crippen LogP) is 1.22. The third-order valence-corrected chi connectivity index (χ3v) is 3.69. The molecule has 76 valence electrons. The predicted molar refractivity (Wildman–Crippen MR) is 55.0 cm³/mol. The van der Waals surface area contributed by atoms with Crippen LogP contribution < -0.4 is 0 Å². The third-order valence-electron chi connectivity index (χ3n) is 2.47. The van der Waals surface area contributed by atoms with Crippen LogP contribution in [0, 0.1) is 0 Å². The molecule has 14 heavy (non-hydrogen) atoms. The van der Waals surface area contributed by atoms with Gasteiger partial charge in [0.15, 0.2) is 0 Å². The van der Waals surface area contributed by atoms with Crippen molar-refractivity contribution in [1.29, 1.82) is 0 Å². The topological polar surface area (TPSA) is 60.7 Å². The monoisotopic (exact) mass is 212 g/mol. The minimum absolute atomic E-state index is 0.196. The van der Waals surface area contributed by atoms with Crippen LogP contribution in [0.4, 0.5) is 0 Å². The van der Waals surface area contributed by atoms with E-state index in [0.717, 1.165) is 10.4 Å². The first-order valence-corrected chi connectivity index (χ1v) is 5.25. The van der Waals surface area contributed by atoms with Crippen LogP contribution in [0.1, 0.15) is 33.9 Å². The molecule has 3 atom stereocenters. The molecule has 0 unspecified atom stereocenters. The molecule has 0 radical (unpaired) electrons. The van der Waals surface area contributed by atoms with Crippen LogP contribution in [0.5, 0.6) is 0 Å². The number of rotatable bonds is 1. The lowest BCUT2D eigenvalue weighted by atomic mass is 9.92. The zero-order valence-corrected chi connectivity index (χ0v) is 8.37. The van der Waals surface area contributed by atoms with Crippen molar-refractivity contribution in [2.24, 2.45) is 0 Å². The van der Waals surface area contributed by atoms with Crippen molar-refractivity contribution < 1.29 is 15.3 Å². The highest BCUT2D eigenvalue weighted by Crippen LogP contribution is 2.41. The van der Waals surface area contributed by atoms with Gasteiger partial charge in [-0.05, 0) is 11.6 Å². The van der Waals surface area contributed by atoms with Gasteiger partial charge in [-0.2, -0.15) is 0 Å². The number of aliphatic hydroxyl groups excluding tert-OH is 3. The van der Waals surface area contributed by atoms with E-state index in [1.165, 1.54) is 11.3 Å². The standard InChI is InChI=1S/C10H12O3S/c1-2-5-3-6-7(11)4-8(12)9(13)10(6)14-5/h2-3,7-9,11-13H,1,4H2/t7-,8-,9+/m1/s1. The average molecular weight is 212 g/mol. The molecule has 0 bridgehead atoms. The Hall–Kier alpha value is -0.680. The summed E-state index contributed by atoms with van der Waals surface area (Å²) in [6.07, 6.45) is -0.537. The number of hydrogen-bond acceptors (Lipinski definition) is 4. The van der Waals surface area contributed by atoms with Crippen LogP contribution in [0.3, 0.4) is 0 Å². The fourth-order valence-electron chi connectivity index (χ4n) is 1.69. The van der Waals surface area contributed by atoms with Gasteiger partial charge in [0.1, 0.15) is 6.10 Å². The van der Waals surface area contributed by atoms with Gasteiger partial charge < -0.3 is 15.3 Å². The molecule has 0 amide bonds. The van der Waals surface area contributed by atoms with Crippen LogP contribution in [0.15, 0.2) is 12.6 Å². The van der Waals surface area contributed by atoms with E-state index in [4.69, 9.17) is 0 Å². The van der Waals surface area contributed by atoms with E-state index in [-0.39, 0.29) is 6.42 Å². The highest BCUT2D eigenvalue weighted by molar-refractivity contribution is 7.13. The first kappa shape index (κ1) is 9.86. The van der Waals surface area contributed by atoms with Gasteiger partial charge in [0, 0.05) is 16.2 Å². The smallest absolute Gasteiger partial charge is 0.114 e. The van der Waals surface area contributed by atoms with Crippen LogP contribution in [-0.2, 0) is 0 Å². The summed E-state index contributed by atoms with van der Waals surface area (Å²) in [7, 11) is 0. The second-order valence-corrected chi connectivity index (χ2v) is 4.55. The summed E-state index contributed by atoms with van der Waals surface area (Å²) in [5, 5.41) is 28.8. The molecule has 1 aromatic heterocycles. The minimum Gasteiger partial charge on any atom is -0.390 e. The second-order valence-electron chi connectivity index (χ2n) is 3.44. The zero-order valence-electron chi connectivity index (χ0n) is 7.55. The van der Waals surface area contributed by atoms with Gasteiger partial charge in [-0.1, -0.05) is 12.7 Å². The van der Waals surface area contributed by atoms with E-state index in [9.17, 15) is 15.3 Å². The van der Waals surface area contributed by atoms with Crippen LogP contribution >= 0.6 is 11.3 Å². The van der Waals surface area contributed by atoms with Gasteiger partial charge in [0.25, 0.3) is 0 Å². The normalized spacial score (nSPS) is 31.2. The number of hydrogen-bond donors (Lipinski definition) is 3. The molecule has 1 aliphatic carbocycles. The summed E-state index contributed by atoms with van der Waals surface area (Å²) in [6.45, 7) is 3.63. The van der Waals surface area contributed by atoms with Gasteiger partial charge in [-0.25, -0.2) is 0 Å². The average Bonchev–Trinajstić information content (AvgIpc) is 2.58. The largest absolute Gasteiger partial charge is 0.390 e. The van der Waals surface area contributed by atoms with Crippen LogP contribution in [0.2, 0.25) is 0 Å². The fraction of sp³-hybridized carbons (Fsp3) is 0.400. The van der Waals surface area contributed by atoms with E-state index >= 15 is 0 Å². The minimum atomic E-state index is -0.868. The van der Waals surface area contributed by atoms with Gasteiger partial charge >= 0.3 is 0 Å². The SMILES string of the molecule is C=Cc1cc2c(s1)[C@@H](O)[C@H](O)C[C@H]2O. The molecule has 0 saturated heterocycles. The number of aliphatic hydroxyl groups is 3. The molecule has 3 nitrogen and oxygen atoms in total. The van der Waals surface area contributed by atoms with Gasteiger partial charge in [-0.15, -0.1) is 11.3 Å². The molecule has 0 spiro atoms. The van der Waals surface area contributed by atoms with Crippen molar-refractivity contribution in [2.75, 3.05) is 0 Å². The Morgan fingerprint density at radius 2 is 2.14 bits per heavy atom. The third kappa shape index (κ3) is 1.40. The zero-order chi connectivity index (χ0) is 10.3. The van der Waals surface area contributed by atoms with E-state index in [0.29, 0.717) is 4.88 Å². The summed E-state index contributed by atoms with van der Waals surface area (Å²) in [6, 6.07) is 1.81. The highest BCUT2D eigenvalue weighted by Gasteiger charge is 2.33. The van der Waals surface area contributed by atoms with E-state index in [1.807, 2.05) is 6.07 Å². The fourth-order valence-corrected chi connectivity index (χ4v) is 2.81. The summed E-state index contributed by atoms with van der Waals surface area (Å²) in [5.41, 5.74) is 0.725.